The lowest BCUT2D eigenvalue weighted by Gasteiger charge is -2.22. The molecule has 1 aromatic carbocycles. The summed E-state index contributed by atoms with van der Waals surface area (Å²) in [4.78, 5) is 10.6. The van der Waals surface area contributed by atoms with Gasteiger partial charge in [-0.2, -0.15) is 0 Å². The van der Waals surface area contributed by atoms with Crippen LogP contribution in [0.5, 0.6) is 0 Å². The Morgan fingerprint density at radius 3 is 2.68 bits per heavy atom. The van der Waals surface area contributed by atoms with Crippen molar-refractivity contribution in [2.24, 2.45) is 0 Å². The van der Waals surface area contributed by atoms with Crippen molar-refractivity contribution >= 4 is 23.0 Å². The van der Waals surface area contributed by atoms with E-state index in [0.29, 0.717) is 6.04 Å². The van der Waals surface area contributed by atoms with Gasteiger partial charge in [0.25, 0.3) is 0 Å². The van der Waals surface area contributed by atoms with Gasteiger partial charge in [0, 0.05) is 30.5 Å². The molecule has 0 aliphatic carbocycles. The number of nitrogens with one attached hydrogen (secondary N) is 1. The molecule has 0 radical (unpaired) electrons. The first-order valence-corrected chi connectivity index (χ1v) is 6.23. The molecule has 0 atom stereocenters. The zero-order chi connectivity index (χ0) is 13.8. The third-order valence-corrected chi connectivity index (χ3v) is 2.95. The van der Waals surface area contributed by atoms with Crippen molar-refractivity contribution in [3.8, 4) is 0 Å². The number of hydrogen-bond donors (Lipinski definition) is 2. The van der Waals surface area contributed by atoms with Crippen LogP contribution in [0.2, 0.25) is 0 Å². The topological polar surface area (TPSA) is 67.1 Å². The van der Waals surface area contributed by atoms with E-state index in [1.165, 1.54) is 0 Å². The molecule has 19 heavy (non-hydrogen) atoms. The predicted octanol–water partition coefficient (Wildman–Crippen LogP) is 2.65. The first-order valence-electron chi connectivity index (χ1n) is 6.23. The molecule has 0 bridgehead atoms. The Labute approximate surface area is 113 Å². The summed E-state index contributed by atoms with van der Waals surface area (Å²) in [6.45, 7) is 4.24. The Bertz CT molecular complexity index is 553. The number of nitrogens with two attached hydrogens (primary N) is 1. The Morgan fingerprint density at radius 2 is 2.00 bits per heavy atom. The van der Waals surface area contributed by atoms with Crippen molar-refractivity contribution in [1.29, 1.82) is 0 Å². The van der Waals surface area contributed by atoms with E-state index in [4.69, 9.17) is 5.73 Å². The second-order valence-electron chi connectivity index (χ2n) is 4.72. The van der Waals surface area contributed by atoms with Crippen LogP contribution >= 0.6 is 0 Å². The molecular weight excluding hydrogens is 238 g/mol. The fourth-order valence-electron chi connectivity index (χ4n) is 1.64. The maximum atomic E-state index is 5.75. The van der Waals surface area contributed by atoms with Crippen molar-refractivity contribution < 1.29 is 0 Å². The molecule has 0 aliphatic heterocycles. The normalized spacial score (nSPS) is 10.5. The summed E-state index contributed by atoms with van der Waals surface area (Å²) in [6, 6.07) is 9.88. The quantitative estimate of drug-likeness (QED) is 0.824. The number of nitrogens with zero attached hydrogens (tertiary/aromatic N) is 3. The lowest BCUT2D eigenvalue weighted by molar-refractivity contribution is 0.742. The Morgan fingerprint density at radius 1 is 1.21 bits per heavy atom. The SMILES string of the molecule is CC(C)N(C)c1cc(Nc2cccc(N)c2)ncn1. The predicted molar refractivity (Wildman–Crippen MR) is 79.7 cm³/mol. The second kappa shape index (κ2) is 5.56. The highest BCUT2D eigenvalue weighted by atomic mass is 15.2. The van der Waals surface area contributed by atoms with E-state index in [0.717, 1.165) is 23.0 Å². The number of hydrogen-bond acceptors (Lipinski definition) is 5. The average Bonchev–Trinajstić information content (AvgIpc) is 2.38. The lowest BCUT2D eigenvalue weighted by Crippen LogP contribution is -2.26. The Kier molecular flexibility index (Phi) is 3.85. The summed E-state index contributed by atoms with van der Waals surface area (Å²) in [5, 5.41) is 3.22. The molecule has 2 aromatic rings. The van der Waals surface area contributed by atoms with Crippen LogP contribution in [-0.2, 0) is 0 Å². The van der Waals surface area contributed by atoms with Gasteiger partial charge in [-0.15, -0.1) is 0 Å². The minimum Gasteiger partial charge on any atom is -0.399 e. The highest BCUT2D eigenvalue weighted by Crippen LogP contribution is 2.20. The molecule has 0 spiro atoms. The van der Waals surface area contributed by atoms with E-state index in [2.05, 4.69) is 34.0 Å². The molecule has 5 nitrogen and oxygen atoms in total. The van der Waals surface area contributed by atoms with Gasteiger partial charge in [-0.1, -0.05) is 6.07 Å². The van der Waals surface area contributed by atoms with Gasteiger partial charge in [0.2, 0.25) is 0 Å². The summed E-state index contributed by atoms with van der Waals surface area (Å²) in [5.74, 6) is 1.64. The molecule has 0 saturated heterocycles. The zero-order valence-corrected chi connectivity index (χ0v) is 11.5. The van der Waals surface area contributed by atoms with Crippen LogP contribution in [0, 0.1) is 0 Å². The molecule has 0 amide bonds. The van der Waals surface area contributed by atoms with E-state index in [1.54, 1.807) is 6.33 Å². The van der Waals surface area contributed by atoms with Crippen LogP contribution in [0.1, 0.15) is 13.8 Å². The van der Waals surface area contributed by atoms with E-state index in [-0.39, 0.29) is 0 Å². The van der Waals surface area contributed by atoms with Crippen molar-refractivity contribution in [2.45, 2.75) is 19.9 Å². The maximum Gasteiger partial charge on any atom is 0.135 e. The lowest BCUT2D eigenvalue weighted by atomic mass is 10.3. The molecule has 1 aromatic heterocycles. The van der Waals surface area contributed by atoms with Crippen LogP contribution in [0.15, 0.2) is 36.7 Å². The van der Waals surface area contributed by atoms with Crippen molar-refractivity contribution in [1.82, 2.24) is 9.97 Å². The van der Waals surface area contributed by atoms with Crippen LogP contribution in [-0.4, -0.2) is 23.1 Å². The Hall–Kier alpha value is -2.30. The van der Waals surface area contributed by atoms with E-state index >= 15 is 0 Å². The molecule has 3 N–H and O–H groups in total. The first-order chi connectivity index (χ1) is 9.06. The third kappa shape index (κ3) is 3.34. The van der Waals surface area contributed by atoms with Gasteiger partial charge in [-0.05, 0) is 32.0 Å². The minimum atomic E-state index is 0.384. The van der Waals surface area contributed by atoms with Crippen LogP contribution in [0.3, 0.4) is 0 Å². The van der Waals surface area contributed by atoms with Gasteiger partial charge in [0.15, 0.2) is 0 Å². The number of nitrogen functional groups attached to an aromatic ring is 1. The van der Waals surface area contributed by atoms with Crippen LogP contribution in [0.4, 0.5) is 23.0 Å². The van der Waals surface area contributed by atoms with E-state index < -0.39 is 0 Å². The molecule has 2 rings (SSSR count). The molecule has 5 heteroatoms. The van der Waals surface area contributed by atoms with Crippen LogP contribution < -0.4 is 16.0 Å². The van der Waals surface area contributed by atoms with Gasteiger partial charge in [-0.25, -0.2) is 9.97 Å². The fraction of sp³-hybridized carbons (Fsp3) is 0.286. The molecule has 100 valence electrons. The monoisotopic (exact) mass is 257 g/mol. The maximum absolute atomic E-state index is 5.75. The summed E-state index contributed by atoms with van der Waals surface area (Å²) in [5.41, 5.74) is 7.38. The average molecular weight is 257 g/mol. The van der Waals surface area contributed by atoms with Gasteiger partial charge < -0.3 is 16.0 Å². The number of anilines is 4. The van der Waals surface area contributed by atoms with Crippen molar-refractivity contribution in [3.05, 3.63) is 36.7 Å². The summed E-state index contributed by atoms with van der Waals surface area (Å²) < 4.78 is 0. The first kappa shape index (κ1) is 13.1. The van der Waals surface area contributed by atoms with E-state index in [9.17, 15) is 0 Å². The molecule has 0 fully saturated rings. The molecule has 0 unspecified atom stereocenters. The van der Waals surface area contributed by atoms with Crippen molar-refractivity contribution in [2.75, 3.05) is 23.0 Å². The van der Waals surface area contributed by atoms with Gasteiger partial charge >= 0.3 is 0 Å². The minimum absolute atomic E-state index is 0.384. The van der Waals surface area contributed by atoms with E-state index in [1.807, 2.05) is 37.4 Å². The molecular formula is C14H19N5. The second-order valence-corrected chi connectivity index (χ2v) is 4.72. The fourth-order valence-corrected chi connectivity index (χ4v) is 1.64. The van der Waals surface area contributed by atoms with Crippen molar-refractivity contribution in [3.63, 3.8) is 0 Å². The Balaban J connectivity index is 2.20. The van der Waals surface area contributed by atoms with Gasteiger partial charge in [0.05, 0.1) is 0 Å². The highest BCUT2D eigenvalue weighted by Gasteiger charge is 2.07. The molecule has 1 heterocycles. The summed E-state index contributed by atoms with van der Waals surface area (Å²) >= 11 is 0. The van der Waals surface area contributed by atoms with Gasteiger partial charge in [0.1, 0.15) is 18.0 Å². The smallest absolute Gasteiger partial charge is 0.135 e. The molecule has 0 aliphatic rings. The van der Waals surface area contributed by atoms with Gasteiger partial charge in [-0.3, -0.25) is 0 Å². The molecule has 0 saturated carbocycles. The standard InChI is InChI=1S/C14H19N5/c1-10(2)19(3)14-8-13(16-9-17-14)18-12-6-4-5-11(15)7-12/h4-10H,15H2,1-3H3,(H,16,17,18). The highest BCUT2D eigenvalue weighted by molar-refractivity contribution is 5.62. The number of benzene rings is 1. The summed E-state index contributed by atoms with van der Waals surface area (Å²) in [6.07, 6.45) is 1.56. The number of rotatable bonds is 4. The number of aromatic nitrogens is 2. The summed E-state index contributed by atoms with van der Waals surface area (Å²) in [7, 11) is 2.01. The third-order valence-electron chi connectivity index (χ3n) is 2.95. The zero-order valence-electron chi connectivity index (χ0n) is 11.5. The van der Waals surface area contributed by atoms with Crippen LogP contribution in [0.25, 0.3) is 0 Å². The largest absolute Gasteiger partial charge is 0.399 e.